The van der Waals surface area contributed by atoms with Crippen LogP contribution in [0.2, 0.25) is 0 Å². The van der Waals surface area contributed by atoms with Gasteiger partial charge in [0.25, 0.3) is 0 Å². The molecule has 1 aromatic rings. The van der Waals surface area contributed by atoms with Gasteiger partial charge in [-0.3, -0.25) is 9.69 Å². The van der Waals surface area contributed by atoms with E-state index >= 15 is 0 Å². The first-order chi connectivity index (χ1) is 13.3. The van der Waals surface area contributed by atoms with Gasteiger partial charge in [-0.05, 0) is 43.0 Å². The number of aliphatic hydroxyl groups excluding tert-OH is 1. The normalized spacial score (nSPS) is 18.0. The number of benzene rings is 1. The van der Waals surface area contributed by atoms with E-state index < -0.39 is 22.2 Å². The number of amides is 2. The van der Waals surface area contributed by atoms with Crippen molar-refractivity contribution >= 4 is 22.0 Å². The van der Waals surface area contributed by atoms with Crippen LogP contribution in [0, 0.1) is 0 Å². The number of carbonyl (C=O) groups is 2. The molecule has 1 aromatic carbocycles. The van der Waals surface area contributed by atoms with Crippen LogP contribution in [-0.4, -0.2) is 74.2 Å². The van der Waals surface area contributed by atoms with Gasteiger partial charge >= 0.3 is 6.09 Å². The van der Waals surface area contributed by atoms with Gasteiger partial charge in [0.1, 0.15) is 13.2 Å². The summed E-state index contributed by atoms with van der Waals surface area (Å²) in [6.07, 6.45) is -0.117. The van der Waals surface area contributed by atoms with Crippen LogP contribution in [0.4, 0.5) is 4.79 Å². The molecule has 28 heavy (non-hydrogen) atoms. The van der Waals surface area contributed by atoms with Gasteiger partial charge in [0.2, 0.25) is 15.9 Å². The maximum Gasteiger partial charge on any atom is 0.410 e. The largest absolute Gasteiger partial charge is 0.448 e. The first-order valence-electron chi connectivity index (χ1n) is 9.25. The summed E-state index contributed by atoms with van der Waals surface area (Å²) in [6, 6.07) is 4.92. The molecular formula is C18H25N3O6S. The molecule has 2 amide bonds. The van der Waals surface area contributed by atoms with E-state index in [1.54, 1.807) is 30.0 Å². The van der Waals surface area contributed by atoms with Gasteiger partial charge < -0.3 is 14.7 Å². The van der Waals surface area contributed by atoms with E-state index in [2.05, 4.69) is 4.72 Å². The lowest BCUT2D eigenvalue weighted by Gasteiger charge is -2.30. The molecule has 2 N–H and O–H groups in total. The molecular weight excluding hydrogens is 386 g/mol. The highest BCUT2D eigenvalue weighted by Gasteiger charge is 2.28. The van der Waals surface area contributed by atoms with Crippen molar-refractivity contribution in [2.24, 2.45) is 0 Å². The van der Waals surface area contributed by atoms with Gasteiger partial charge in [-0.1, -0.05) is 6.07 Å². The van der Waals surface area contributed by atoms with E-state index in [1.165, 1.54) is 4.90 Å². The molecule has 3 rings (SSSR count). The molecule has 1 fully saturated rings. The predicted molar refractivity (Wildman–Crippen MR) is 100.0 cm³/mol. The summed E-state index contributed by atoms with van der Waals surface area (Å²) in [7, 11) is -3.69. The summed E-state index contributed by atoms with van der Waals surface area (Å²) in [4.78, 5) is 27.2. The number of hydrogen-bond donors (Lipinski definition) is 2. The Hall–Kier alpha value is -2.17. The Bertz CT molecular complexity index is 855. The van der Waals surface area contributed by atoms with Gasteiger partial charge in [0, 0.05) is 19.6 Å². The van der Waals surface area contributed by atoms with Gasteiger partial charge in [0.15, 0.2) is 0 Å². The van der Waals surface area contributed by atoms with Crippen LogP contribution in [0.3, 0.4) is 0 Å². The summed E-state index contributed by atoms with van der Waals surface area (Å²) >= 11 is 0. The Morgan fingerprint density at radius 2 is 2.11 bits per heavy atom. The maximum absolute atomic E-state index is 12.5. The summed E-state index contributed by atoms with van der Waals surface area (Å²) < 4.78 is 32.2. The molecule has 10 heteroatoms. The van der Waals surface area contributed by atoms with E-state index in [0.717, 1.165) is 11.1 Å². The molecule has 1 atom stereocenters. The average molecular weight is 411 g/mol. The quantitative estimate of drug-likeness (QED) is 0.656. The zero-order chi connectivity index (χ0) is 20.3. The van der Waals surface area contributed by atoms with Gasteiger partial charge in [-0.2, -0.15) is 0 Å². The zero-order valence-electron chi connectivity index (χ0n) is 15.8. The number of rotatable bonds is 7. The third kappa shape index (κ3) is 4.81. The van der Waals surface area contributed by atoms with E-state index in [0.29, 0.717) is 32.5 Å². The molecule has 0 radical (unpaired) electrons. The van der Waals surface area contributed by atoms with Crippen molar-refractivity contribution in [2.75, 3.05) is 32.8 Å². The number of sulfonamides is 1. The molecule has 1 saturated heterocycles. The van der Waals surface area contributed by atoms with Crippen molar-refractivity contribution in [1.29, 1.82) is 0 Å². The molecule has 2 aliphatic rings. The van der Waals surface area contributed by atoms with Crippen LogP contribution in [0.15, 0.2) is 23.1 Å². The topological polar surface area (TPSA) is 116 Å². The lowest BCUT2D eigenvalue weighted by Crippen LogP contribution is -2.43. The minimum Gasteiger partial charge on any atom is -0.448 e. The number of ether oxygens (including phenoxy) is 1. The van der Waals surface area contributed by atoms with Crippen LogP contribution in [0.1, 0.15) is 24.5 Å². The van der Waals surface area contributed by atoms with E-state index in [9.17, 15) is 23.1 Å². The molecule has 0 unspecified atom stereocenters. The van der Waals surface area contributed by atoms with Crippen molar-refractivity contribution < 1.29 is 27.9 Å². The van der Waals surface area contributed by atoms with Crippen LogP contribution < -0.4 is 4.72 Å². The van der Waals surface area contributed by atoms with Crippen molar-refractivity contribution in [3.05, 3.63) is 29.3 Å². The average Bonchev–Trinajstić information content (AvgIpc) is 3.05. The molecule has 0 saturated carbocycles. The minimum absolute atomic E-state index is 0.0347. The fourth-order valence-electron chi connectivity index (χ4n) is 3.23. The van der Waals surface area contributed by atoms with Gasteiger partial charge in [-0.25, -0.2) is 17.9 Å². The fraction of sp³-hybridized carbons (Fsp3) is 0.556. The van der Waals surface area contributed by atoms with Crippen molar-refractivity contribution in [1.82, 2.24) is 14.5 Å². The number of nitrogens with one attached hydrogen (secondary N) is 1. The number of fused-ring (bicyclic) bond motifs is 1. The lowest BCUT2D eigenvalue weighted by atomic mass is 10.00. The molecule has 2 heterocycles. The standard InChI is InChI=1S/C18H25N3O6S/c1-13(22)4-6-19-28(25,26)16-3-2-14-5-7-20(11-15(14)10-16)17(23)12-21-8-9-27-18(21)24/h2-3,10,13,19,22H,4-9,11-12H2,1H3/t13-/m0/s1. The highest BCUT2D eigenvalue weighted by atomic mass is 32.2. The smallest absolute Gasteiger partial charge is 0.410 e. The Labute approximate surface area is 164 Å². The molecule has 154 valence electrons. The minimum atomic E-state index is -3.69. The number of nitrogens with zero attached hydrogens (tertiary/aromatic N) is 2. The predicted octanol–water partition coefficient (Wildman–Crippen LogP) is 0.0727. The van der Waals surface area contributed by atoms with Crippen LogP contribution in [0.25, 0.3) is 0 Å². The second-order valence-corrected chi connectivity index (χ2v) is 8.83. The van der Waals surface area contributed by atoms with E-state index in [4.69, 9.17) is 4.74 Å². The Balaban J connectivity index is 1.67. The lowest BCUT2D eigenvalue weighted by molar-refractivity contribution is -0.132. The summed E-state index contributed by atoms with van der Waals surface area (Å²) in [5.74, 6) is -0.187. The van der Waals surface area contributed by atoms with Crippen molar-refractivity contribution in [3.63, 3.8) is 0 Å². The van der Waals surface area contributed by atoms with Crippen LogP contribution in [0.5, 0.6) is 0 Å². The zero-order valence-corrected chi connectivity index (χ0v) is 16.6. The first-order valence-corrected chi connectivity index (χ1v) is 10.7. The number of hydrogen-bond acceptors (Lipinski definition) is 6. The molecule has 0 spiro atoms. The van der Waals surface area contributed by atoms with Crippen LogP contribution >= 0.6 is 0 Å². The summed E-state index contributed by atoms with van der Waals surface area (Å²) in [5, 5.41) is 9.27. The SMILES string of the molecule is C[C@H](O)CCNS(=O)(=O)c1ccc2c(c1)CN(C(=O)CN1CCOC1=O)CC2. The van der Waals surface area contributed by atoms with Crippen molar-refractivity contribution in [2.45, 2.75) is 37.3 Å². The molecule has 0 bridgehead atoms. The highest BCUT2D eigenvalue weighted by Crippen LogP contribution is 2.23. The van der Waals surface area contributed by atoms with Gasteiger partial charge in [-0.15, -0.1) is 0 Å². The monoisotopic (exact) mass is 411 g/mol. The van der Waals surface area contributed by atoms with Gasteiger partial charge in [0.05, 0.1) is 17.5 Å². The Morgan fingerprint density at radius 1 is 1.32 bits per heavy atom. The number of aliphatic hydroxyl groups is 1. The number of cyclic esters (lactones) is 1. The first kappa shape index (κ1) is 20.6. The third-order valence-corrected chi connectivity index (χ3v) is 6.34. The van der Waals surface area contributed by atoms with Crippen molar-refractivity contribution in [3.8, 4) is 0 Å². The molecule has 2 aliphatic heterocycles. The van der Waals surface area contributed by atoms with Crippen LogP contribution in [-0.2, 0) is 32.5 Å². The number of carbonyl (C=O) groups excluding carboxylic acids is 2. The maximum atomic E-state index is 12.5. The molecule has 9 nitrogen and oxygen atoms in total. The van der Waals surface area contributed by atoms with E-state index in [1.807, 2.05) is 0 Å². The van der Waals surface area contributed by atoms with E-state index in [-0.39, 0.29) is 30.5 Å². The Kier molecular flexibility index (Phi) is 6.21. The summed E-state index contributed by atoms with van der Waals surface area (Å²) in [6.45, 7) is 3.22. The Morgan fingerprint density at radius 3 is 2.79 bits per heavy atom. The third-order valence-electron chi connectivity index (χ3n) is 4.88. The second kappa shape index (κ2) is 8.46. The second-order valence-electron chi connectivity index (χ2n) is 7.07. The highest BCUT2D eigenvalue weighted by molar-refractivity contribution is 7.89. The molecule has 0 aliphatic carbocycles. The fourth-order valence-corrected chi connectivity index (χ4v) is 4.33. The molecule has 0 aromatic heterocycles. The summed E-state index contributed by atoms with van der Waals surface area (Å²) in [5.41, 5.74) is 1.79.